The van der Waals surface area contributed by atoms with Crippen LogP contribution in [0.25, 0.3) is 0 Å². The molecule has 1 aliphatic heterocycles. The molecule has 2 aliphatic rings. The van der Waals surface area contributed by atoms with Gasteiger partial charge in [0, 0.05) is 13.1 Å². The maximum absolute atomic E-state index is 5.76. The smallest absolute Gasteiger partial charge is 0.0793 e. The lowest BCUT2D eigenvalue weighted by Crippen LogP contribution is -2.40. The van der Waals surface area contributed by atoms with Crippen LogP contribution in [0, 0.1) is 0 Å². The number of hydrogen-bond acceptors (Lipinski definition) is 2. The van der Waals surface area contributed by atoms with Gasteiger partial charge >= 0.3 is 0 Å². The molecule has 2 rings (SSSR count). The molecule has 0 unspecified atom stereocenters. The second-order valence-corrected chi connectivity index (χ2v) is 3.65. The molecule has 0 aromatic rings. The van der Waals surface area contributed by atoms with E-state index in [9.17, 15) is 0 Å². The fourth-order valence-corrected chi connectivity index (χ4v) is 1.77. The number of hydroxylamine groups is 2. The van der Waals surface area contributed by atoms with Crippen molar-refractivity contribution in [2.75, 3.05) is 13.1 Å². The average Bonchev–Trinajstić information content (AvgIpc) is 1.99. The van der Waals surface area contributed by atoms with Gasteiger partial charge in [0.2, 0.25) is 0 Å². The Kier molecular flexibility index (Phi) is 2.44. The summed E-state index contributed by atoms with van der Waals surface area (Å²) < 4.78 is 0. The molecule has 2 fully saturated rings. The van der Waals surface area contributed by atoms with Crippen molar-refractivity contribution < 1.29 is 4.84 Å². The Balaban J connectivity index is 1.67. The minimum absolute atomic E-state index is 0.559. The summed E-state index contributed by atoms with van der Waals surface area (Å²) in [5.41, 5.74) is 0. The summed E-state index contributed by atoms with van der Waals surface area (Å²) in [6.07, 6.45) is 8.63. The van der Waals surface area contributed by atoms with Crippen molar-refractivity contribution in [1.29, 1.82) is 0 Å². The highest BCUT2D eigenvalue weighted by atomic mass is 16.7. The number of rotatable bonds is 2. The van der Waals surface area contributed by atoms with Crippen LogP contribution in [0.4, 0.5) is 0 Å². The van der Waals surface area contributed by atoms with Crippen LogP contribution in [0.3, 0.4) is 0 Å². The van der Waals surface area contributed by atoms with Crippen molar-refractivity contribution in [3.05, 3.63) is 0 Å². The topological polar surface area (TPSA) is 12.5 Å². The zero-order chi connectivity index (χ0) is 7.52. The van der Waals surface area contributed by atoms with Crippen LogP contribution in [0.15, 0.2) is 0 Å². The predicted molar refractivity (Wildman–Crippen MR) is 44.1 cm³/mol. The summed E-state index contributed by atoms with van der Waals surface area (Å²) in [5, 5.41) is 2.12. The summed E-state index contributed by atoms with van der Waals surface area (Å²) >= 11 is 0. The van der Waals surface area contributed by atoms with E-state index in [1.54, 1.807) is 0 Å². The van der Waals surface area contributed by atoms with Crippen LogP contribution < -0.4 is 0 Å². The van der Waals surface area contributed by atoms with Gasteiger partial charge in [-0.05, 0) is 19.3 Å². The van der Waals surface area contributed by atoms with E-state index in [2.05, 4.69) is 5.06 Å². The third-order valence-electron chi connectivity index (χ3n) is 2.67. The molecule has 64 valence electrons. The van der Waals surface area contributed by atoms with Gasteiger partial charge < -0.3 is 0 Å². The lowest BCUT2D eigenvalue weighted by molar-refractivity contribution is -0.236. The Bertz CT molecular complexity index is 117. The van der Waals surface area contributed by atoms with Crippen molar-refractivity contribution in [3.63, 3.8) is 0 Å². The standard InChI is InChI=1S/C9H17NO/c1-2-5-9(6-3-1)11-10-7-4-8-10/h9H,1-8H2. The van der Waals surface area contributed by atoms with Gasteiger partial charge in [-0.2, -0.15) is 5.06 Å². The van der Waals surface area contributed by atoms with E-state index in [0.717, 1.165) is 13.1 Å². The molecule has 0 radical (unpaired) electrons. The Morgan fingerprint density at radius 1 is 0.909 bits per heavy atom. The first-order chi connectivity index (χ1) is 5.45. The van der Waals surface area contributed by atoms with Crippen LogP contribution in [-0.4, -0.2) is 24.3 Å². The van der Waals surface area contributed by atoms with Crippen molar-refractivity contribution in [3.8, 4) is 0 Å². The first-order valence-electron chi connectivity index (χ1n) is 4.87. The third kappa shape index (κ3) is 1.94. The van der Waals surface area contributed by atoms with Crippen LogP contribution in [0.5, 0.6) is 0 Å². The largest absolute Gasteiger partial charge is 0.296 e. The Labute approximate surface area is 68.5 Å². The molecule has 1 heterocycles. The molecule has 1 aliphatic carbocycles. The number of hydrogen-bond donors (Lipinski definition) is 0. The Hall–Kier alpha value is -0.0800. The van der Waals surface area contributed by atoms with Crippen molar-refractivity contribution in [2.45, 2.75) is 44.6 Å². The van der Waals surface area contributed by atoms with E-state index in [4.69, 9.17) is 4.84 Å². The van der Waals surface area contributed by atoms with Crippen LogP contribution in [0.1, 0.15) is 38.5 Å². The van der Waals surface area contributed by atoms with E-state index < -0.39 is 0 Å². The fourth-order valence-electron chi connectivity index (χ4n) is 1.77. The molecule has 0 amide bonds. The molecule has 2 heteroatoms. The molecule has 0 spiro atoms. The van der Waals surface area contributed by atoms with Gasteiger partial charge in [-0.15, -0.1) is 0 Å². The Morgan fingerprint density at radius 3 is 2.18 bits per heavy atom. The molecular formula is C9H17NO. The van der Waals surface area contributed by atoms with Gasteiger partial charge in [-0.3, -0.25) is 4.84 Å². The van der Waals surface area contributed by atoms with Crippen molar-refractivity contribution in [1.82, 2.24) is 5.06 Å². The lowest BCUT2D eigenvalue weighted by Gasteiger charge is -2.34. The van der Waals surface area contributed by atoms with Gasteiger partial charge in [0.25, 0.3) is 0 Å². The van der Waals surface area contributed by atoms with E-state index in [0.29, 0.717) is 6.10 Å². The predicted octanol–water partition coefficient (Wildman–Crippen LogP) is 1.96. The molecule has 0 aromatic heterocycles. The SMILES string of the molecule is C1CCC(ON2CCC2)CC1. The van der Waals surface area contributed by atoms with Crippen molar-refractivity contribution in [2.24, 2.45) is 0 Å². The van der Waals surface area contributed by atoms with Gasteiger partial charge in [-0.1, -0.05) is 19.3 Å². The third-order valence-corrected chi connectivity index (χ3v) is 2.67. The molecule has 2 nitrogen and oxygen atoms in total. The van der Waals surface area contributed by atoms with Gasteiger partial charge in [0.15, 0.2) is 0 Å². The summed E-state index contributed by atoms with van der Waals surface area (Å²) in [6, 6.07) is 0. The Morgan fingerprint density at radius 2 is 1.64 bits per heavy atom. The molecule has 1 saturated heterocycles. The van der Waals surface area contributed by atoms with Crippen LogP contribution in [0.2, 0.25) is 0 Å². The first kappa shape index (κ1) is 7.56. The van der Waals surface area contributed by atoms with Gasteiger partial charge in [0.1, 0.15) is 0 Å². The van der Waals surface area contributed by atoms with E-state index in [1.807, 2.05) is 0 Å². The summed E-state index contributed by atoms with van der Waals surface area (Å²) in [7, 11) is 0. The molecular weight excluding hydrogens is 138 g/mol. The molecule has 0 aromatic carbocycles. The lowest BCUT2D eigenvalue weighted by atomic mass is 9.98. The van der Waals surface area contributed by atoms with E-state index in [-0.39, 0.29) is 0 Å². The highest BCUT2D eigenvalue weighted by molar-refractivity contribution is 4.67. The van der Waals surface area contributed by atoms with Crippen LogP contribution in [-0.2, 0) is 4.84 Å². The van der Waals surface area contributed by atoms with Crippen molar-refractivity contribution >= 4 is 0 Å². The zero-order valence-corrected chi connectivity index (χ0v) is 7.09. The monoisotopic (exact) mass is 155 g/mol. The average molecular weight is 155 g/mol. The molecule has 0 atom stereocenters. The van der Waals surface area contributed by atoms with Gasteiger partial charge in [0.05, 0.1) is 6.10 Å². The minimum Gasteiger partial charge on any atom is -0.296 e. The summed E-state index contributed by atoms with van der Waals surface area (Å²) in [6.45, 7) is 2.33. The molecule has 0 N–H and O–H groups in total. The van der Waals surface area contributed by atoms with E-state index in [1.165, 1.54) is 38.5 Å². The van der Waals surface area contributed by atoms with E-state index >= 15 is 0 Å². The summed E-state index contributed by atoms with van der Waals surface area (Å²) in [5.74, 6) is 0. The molecule has 1 saturated carbocycles. The quantitative estimate of drug-likeness (QED) is 0.604. The first-order valence-corrected chi connectivity index (χ1v) is 4.87. The summed E-state index contributed by atoms with van der Waals surface area (Å²) in [4.78, 5) is 5.76. The minimum atomic E-state index is 0.559. The molecule has 0 bridgehead atoms. The highest BCUT2D eigenvalue weighted by Gasteiger charge is 2.21. The van der Waals surface area contributed by atoms with Gasteiger partial charge in [-0.25, -0.2) is 0 Å². The zero-order valence-electron chi connectivity index (χ0n) is 7.09. The fraction of sp³-hybridized carbons (Fsp3) is 1.00. The maximum atomic E-state index is 5.76. The highest BCUT2D eigenvalue weighted by Crippen LogP contribution is 2.22. The maximum Gasteiger partial charge on any atom is 0.0793 e. The second kappa shape index (κ2) is 3.55. The second-order valence-electron chi connectivity index (χ2n) is 3.65. The molecule has 11 heavy (non-hydrogen) atoms. The number of nitrogens with zero attached hydrogens (tertiary/aromatic N) is 1. The van der Waals surface area contributed by atoms with Crippen LogP contribution >= 0.6 is 0 Å². The normalized spacial score (nSPS) is 28.4.